The summed E-state index contributed by atoms with van der Waals surface area (Å²) < 4.78 is 0. The number of thiophene rings is 1. The van der Waals surface area contributed by atoms with Gasteiger partial charge in [0.15, 0.2) is 0 Å². The molecule has 1 aliphatic heterocycles. The van der Waals surface area contributed by atoms with Crippen molar-refractivity contribution in [1.29, 1.82) is 0 Å². The van der Waals surface area contributed by atoms with Crippen molar-refractivity contribution in [3.8, 4) is 11.8 Å². The van der Waals surface area contributed by atoms with E-state index >= 15 is 0 Å². The molecule has 1 fully saturated rings. The van der Waals surface area contributed by atoms with Crippen LogP contribution in [0.25, 0.3) is 0 Å². The molecule has 1 unspecified atom stereocenters. The van der Waals surface area contributed by atoms with Gasteiger partial charge in [0.2, 0.25) is 5.91 Å². The number of amides is 2. The van der Waals surface area contributed by atoms with Gasteiger partial charge in [0.25, 0.3) is 5.91 Å². The molecule has 3 N–H and O–H groups in total. The Kier molecular flexibility index (Phi) is 5.16. The third-order valence-corrected chi connectivity index (χ3v) is 3.75. The molecule has 2 rings (SSSR count). The monoisotopic (exact) mass is 292 g/mol. The Hall–Kier alpha value is -1.84. The van der Waals surface area contributed by atoms with Crippen molar-refractivity contribution >= 4 is 23.2 Å². The lowest BCUT2D eigenvalue weighted by atomic mass is 10.1. The highest BCUT2D eigenvalue weighted by Crippen LogP contribution is 2.14. The van der Waals surface area contributed by atoms with Gasteiger partial charge >= 0.3 is 0 Å². The normalized spacial score (nSPS) is 17.9. The van der Waals surface area contributed by atoms with E-state index in [4.69, 9.17) is 5.11 Å². The number of piperidine rings is 1. The van der Waals surface area contributed by atoms with Gasteiger partial charge in [0, 0.05) is 18.3 Å². The van der Waals surface area contributed by atoms with Gasteiger partial charge in [-0.05, 0) is 18.9 Å². The second-order valence-corrected chi connectivity index (χ2v) is 5.35. The van der Waals surface area contributed by atoms with Gasteiger partial charge in [0.05, 0.1) is 17.0 Å². The molecule has 1 aromatic heterocycles. The van der Waals surface area contributed by atoms with Crippen LogP contribution in [0.1, 0.15) is 34.5 Å². The van der Waals surface area contributed by atoms with Crippen LogP contribution < -0.4 is 10.6 Å². The zero-order valence-electron chi connectivity index (χ0n) is 10.9. The molecule has 0 saturated carbocycles. The molecule has 1 aromatic rings. The van der Waals surface area contributed by atoms with E-state index in [0.717, 1.165) is 11.3 Å². The maximum Gasteiger partial charge on any atom is 0.252 e. The van der Waals surface area contributed by atoms with Gasteiger partial charge in [-0.3, -0.25) is 9.59 Å². The molecule has 1 aliphatic rings. The lowest BCUT2D eigenvalue weighted by molar-refractivity contribution is -0.124. The molecule has 0 bridgehead atoms. The molecule has 0 aromatic carbocycles. The van der Waals surface area contributed by atoms with E-state index in [1.807, 2.05) is 0 Å². The predicted molar refractivity (Wildman–Crippen MR) is 76.4 cm³/mol. The van der Waals surface area contributed by atoms with Crippen LogP contribution in [0.5, 0.6) is 0 Å². The van der Waals surface area contributed by atoms with E-state index < -0.39 is 6.04 Å². The molecular formula is C14H16N2O3S. The van der Waals surface area contributed by atoms with Gasteiger partial charge in [-0.1, -0.05) is 11.8 Å². The zero-order chi connectivity index (χ0) is 14.4. The number of aliphatic hydroxyl groups excluding tert-OH is 1. The minimum absolute atomic E-state index is 0.0303. The van der Waals surface area contributed by atoms with Gasteiger partial charge < -0.3 is 15.7 Å². The largest absolute Gasteiger partial charge is 0.395 e. The summed E-state index contributed by atoms with van der Waals surface area (Å²) in [5, 5.41) is 15.8. The third-order valence-electron chi connectivity index (χ3n) is 2.90. The standard InChI is InChI=1S/C14H16N2O3S/c17-7-2-1-4-11-8-10(9-20-11)13(18)16-12-5-3-6-15-14(12)19/h8-9,12,17H,2-3,5-7H2,(H,15,19)(H,16,18). The molecule has 0 radical (unpaired) electrons. The number of carbonyl (C=O) groups excluding carboxylic acids is 2. The van der Waals surface area contributed by atoms with Crippen molar-refractivity contribution in [3.05, 3.63) is 21.9 Å². The van der Waals surface area contributed by atoms with Gasteiger partial charge in [-0.2, -0.15) is 0 Å². The molecule has 106 valence electrons. The maximum absolute atomic E-state index is 12.0. The second-order valence-electron chi connectivity index (χ2n) is 4.43. The first-order valence-corrected chi connectivity index (χ1v) is 7.35. The fraction of sp³-hybridized carbons (Fsp3) is 0.429. The van der Waals surface area contributed by atoms with Crippen LogP contribution in [-0.4, -0.2) is 36.1 Å². The Morgan fingerprint density at radius 1 is 1.60 bits per heavy atom. The number of rotatable bonds is 3. The van der Waals surface area contributed by atoms with Gasteiger partial charge in [-0.15, -0.1) is 11.3 Å². The van der Waals surface area contributed by atoms with Crippen LogP contribution in [0, 0.1) is 11.8 Å². The summed E-state index contributed by atoms with van der Waals surface area (Å²) in [6, 6.07) is 1.26. The quantitative estimate of drug-likeness (QED) is 0.710. The zero-order valence-corrected chi connectivity index (χ0v) is 11.8. The number of nitrogens with one attached hydrogen (secondary N) is 2. The smallest absolute Gasteiger partial charge is 0.252 e. The van der Waals surface area contributed by atoms with Gasteiger partial charge in [-0.25, -0.2) is 0 Å². The first kappa shape index (κ1) is 14.6. The van der Waals surface area contributed by atoms with E-state index in [1.165, 1.54) is 11.3 Å². The maximum atomic E-state index is 12.0. The van der Waals surface area contributed by atoms with Crippen molar-refractivity contribution in [3.63, 3.8) is 0 Å². The topological polar surface area (TPSA) is 78.4 Å². The molecular weight excluding hydrogens is 276 g/mol. The van der Waals surface area contributed by atoms with Crippen LogP contribution in [0.3, 0.4) is 0 Å². The SMILES string of the molecule is O=C(NC1CCCNC1=O)c1csc(C#CCCO)c1. The second kappa shape index (κ2) is 7.08. The predicted octanol–water partition coefficient (Wildman–Crippen LogP) is 0.490. The summed E-state index contributed by atoms with van der Waals surface area (Å²) >= 11 is 1.37. The van der Waals surface area contributed by atoms with Crippen LogP contribution >= 0.6 is 11.3 Å². The number of hydrogen-bond donors (Lipinski definition) is 3. The average Bonchev–Trinajstić information content (AvgIpc) is 2.91. The van der Waals surface area contributed by atoms with Crippen LogP contribution in [0.2, 0.25) is 0 Å². The summed E-state index contributed by atoms with van der Waals surface area (Å²) in [6.07, 6.45) is 1.96. The van der Waals surface area contributed by atoms with Crippen molar-refractivity contribution in [1.82, 2.24) is 10.6 Å². The number of carbonyl (C=O) groups is 2. The summed E-state index contributed by atoms with van der Waals surface area (Å²) in [5.74, 6) is 5.32. The van der Waals surface area contributed by atoms with E-state index in [2.05, 4.69) is 22.5 Å². The Bertz CT molecular complexity index is 556. The van der Waals surface area contributed by atoms with Crippen LogP contribution in [-0.2, 0) is 4.79 Å². The minimum atomic E-state index is -0.444. The highest BCUT2D eigenvalue weighted by atomic mass is 32.1. The number of hydrogen-bond acceptors (Lipinski definition) is 4. The first-order valence-electron chi connectivity index (χ1n) is 6.47. The van der Waals surface area contributed by atoms with Crippen molar-refractivity contribution in [2.45, 2.75) is 25.3 Å². The average molecular weight is 292 g/mol. The Labute approximate surface area is 121 Å². The first-order chi connectivity index (χ1) is 9.70. The van der Waals surface area contributed by atoms with Crippen molar-refractivity contribution in [2.75, 3.05) is 13.2 Å². The highest BCUT2D eigenvalue weighted by Gasteiger charge is 2.24. The lowest BCUT2D eigenvalue weighted by Crippen LogP contribution is -2.50. The van der Waals surface area contributed by atoms with E-state index in [1.54, 1.807) is 11.4 Å². The Balaban J connectivity index is 1.96. The molecule has 0 spiro atoms. The molecule has 1 atom stereocenters. The molecule has 6 heteroatoms. The molecule has 1 saturated heterocycles. The molecule has 0 aliphatic carbocycles. The summed E-state index contributed by atoms with van der Waals surface area (Å²) in [6.45, 7) is 0.705. The molecule has 2 amide bonds. The summed E-state index contributed by atoms with van der Waals surface area (Å²) in [4.78, 5) is 24.4. The Morgan fingerprint density at radius 3 is 3.20 bits per heavy atom. The van der Waals surface area contributed by atoms with E-state index in [9.17, 15) is 9.59 Å². The van der Waals surface area contributed by atoms with Crippen molar-refractivity contribution < 1.29 is 14.7 Å². The molecule has 5 nitrogen and oxygen atoms in total. The van der Waals surface area contributed by atoms with Gasteiger partial charge in [0.1, 0.15) is 6.04 Å². The van der Waals surface area contributed by atoms with Crippen LogP contribution in [0.15, 0.2) is 11.4 Å². The molecule has 2 heterocycles. The summed E-state index contributed by atoms with van der Waals surface area (Å²) in [5.41, 5.74) is 0.515. The van der Waals surface area contributed by atoms with E-state index in [-0.39, 0.29) is 18.4 Å². The minimum Gasteiger partial charge on any atom is -0.395 e. The highest BCUT2D eigenvalue weighted by molar-refractivity contribution is 7.10. The molecule has 20 heavy (non-hydrogen) atoms. The fourth-order valence-corrected chi connectivity index (χ4v) is 2.63. The summed E-state index contributed by atoms with van der Waals surface area (Å²) in [7, 11) is 0. The lowest BCUT2D eigenvalue weighted by Gasteiger charge is -2.22. The fourth-order valence-electron chi connectivity index (χ4n) is 1.88. The Morgan fingerprint density at radius 2 is 2.45 bits per heavy atom. The van der Waals surface area contributed by atoms with Crippen molar-refractivity contribution in [2.24, 2.45) is 0 Å². The van der Waals surface area contributed by atoms with E-state index in [0.29, 0.717) is 24.9 Å². The van der Waals surface area contributed by atoms with Crippen LogP contribution in [0.4, 0.5) is 0 Å². The third kappa shape index (κ3) is 3.83. The number of aliphatic hydroxyl groups is 1.